The first-order chi connectivity index (χ1) is 10.7. The second kappa shape index (κ2) is 6.85. The van der Waals surface area contributed by atoms with Crippen LogP contribution in [0.25, 0.3) is 10.9 Å². The van der Waals surface area contributed by atoms with Gasteiger partial charge < -0.3 is 4.74 Å². The average molecular weight is 359 g/mol. The average Bonchev–Trinajstić information content (AvgIpc) is 2.55. The van der Waals surface area contributed by atoms with E-state index in [9.17, 15) is 4.79 Å². The summed E-state index contributed by atoms with van der Waals surface area (Å²) in [5.74, 6) is 0. The van der Waals surface area contributed by atoms with Crippen molar-refractivity contribution < 1.29 is 4.74 Å². The minimum absolute atomic E-state index is 0.0467. The van der Waals surface area contributed by atoms with Crippen molar-refractivity contribution in [2.45, 2.75) is 13.2 Å². The Morgan fingerprint density at radius 3 is 2.77 bits per heavy atom. The first kappa shape index (κ1) is 14.9. The number of rotatable bonds is 5. The van der Waals surface area contributed by atoms with Crippen LogP contribution in [0.5, 0.6) is 0 Å². The van der Waals surface area contributed by atoms with Crippen molar-refractivity contribution in [1.82, 2.24) is 9.55 Å². The standard InChI is InChI=1S/C17H15BrN2O2/c18-14-6-7-16-15(10-14)17(21)20(12-19-16)8-9-22-11-13-4-2-1-3-5-13/h1-7,10,12H,8-9,11H2. The lowest BCUT2D eigenvalue weighted by Gasteiger charge is -2.08. The molecular weight excluding hydrogens is 344 g/mol. The number of nitrogens with zero attached hydrogens (tertiary/aromatic N) is 2. The molecule has 1 heterocycles. The van der Waals surface area contributed by atoms with Gasteiger partial charge in [0.25, 0.3) is 5.56 Å². The van der Waals surface area contributed by atoms with Crippen molar-refractivity contribution in [2.24, 2.45) is 0 Å². The van der Waals surface area contributed by atoms with Crippen LogP contribution in [0.1, 0.15) is 5.56 Å². The fraction of sp³-hybridized carbons (Fsp3) is 0.176. The predicted octanol–water partition coefficient (Wildman–Crippen LogP) is 3.38. The Morgan fingerprint density at radius 2 is 1.95 bits per heavy atom. The van der Waals surface area contributed by atoms with Crippen molar-refractivity contribution >= 4 is 26.8 Å². The summed E-state index contributed by atoms with van der Waals surface area (Å²) >= 11 is 3.38. The molecule has 0 unspecified atom stereocenters. The predicted molar refractivity (Wildman–Crippen MR) is 89.8 cm³/mol. The molecule has 3 rings (SSSR count). The van der Waals surface area contributed by atoms with Gasteiger partial charge in [0, 0.05) is 4.47 Å². The molecule has 112 valence electrons. The lowest BCUT2D eigenvalue weighted by molar-refractivity contribution is 0.112. The fourth-order valence-corrected chi connectivity index (χ4v) is 2.58. The molecule has 2 aromatic carbocycles. The normalized spacial score (nSPS) is 11.0. The summed E-state index contributed by atoms with van der Waals surface area (Å²) in [6.07, 6.45) is 1.57. The third-order valence-corrected chi connectivity index (χ3v) is 3.87. The van der Waals surface area contributed by atoms with Crippen LogP contribution < -0.4 is 5.56 Å². The molecule has 0 bridgehead atoms. The van der Waals surface area contributed by atoms with Crippen molar-refractivity contribution in [3.63, 3.8) is 0 Å². The van der Waals surface area contributed by atoms with E-state index in [1.807, 2.05) is 42.5 Å². The van der Waals surface area contributed by atoms with E-state index in [4.69, 9.17) is 4.74 Å². The molecule has 0 saturated heterocycles. The molecule has 5 heteroatoms. The van der Waals surface area contributed by atoms with E-state index in [2.05, 4.69) is 20.9 Å². The molecule has 1 aromatic heterocycles. The van der Waals surface area contributed by atoms with Gasteiger partial charge in [0.15, 0.2) is 0 Å². The van der Waals surface area contributed by atoms with Crippen LogP contribution in [-0.2, 0) is 17.9 Å². The summed E-state index contributed by atoms with van der Waals surface area (Å²) in [5, 5.41) is 0.611. The monoisotopic (exact) mass is 358 g/mol. The zero-order valence-corrected chi connectivity index (χ0v) is 13.5. The lowest BCUT2D eigenvalue weighted by atomic mass is 10.2. The molecule has 0 atom stereocenters. The minimum atomic E-state index is -0.0467. The maximum absolute atomic E-state index is 12.4. The highest BCUT2D eigenvalue weighted by molar-refractivity contribution is 9.10. The van der Waals surface area contributed by atoms with Gasteiger partial charge in [-0.1, -0.05) is 46.3 Å². The quantitative estimate of drug-likeness (QED) is 0.656. The van der Waals surface area contributed by atoms with E-state index in [-0.39, 0.29) is 5.56 Å². The summed E-state index contributed by atoms with van der Waals surface area (Å²) in [7, 11) is 0. The summed E-state index contributed by atoms with van der Waals surface area (Å²) in [6.45, 7) is 1.50. The molecule has 0 aliphatic heterocycles. The van der Waals surface area contributed by atoms with Crippen LogP contribution >= 0.6 is 15.9 Å². The second-order valence-electron chi connectivity index (χ2n) is 4.94. The summed E-state index contributed by atoms with van der Waals surface area (Å²) < 4.78 is 8.07. The largest absolute Gasteiger partial charge is 0.375 e. The molecule has 4 nitrogen and oxygen atoms in total. The van der Waals surface area contributed by atoms with Crippen molar-refractivity contribution in [1.29, 1.82) is 0 Å². The van der Waals surface area contributed by atoms with Crippen LogP contribution in [0, 0.1) is 0 Å². The van der Waals surface area contributed by atoms with Crippen molar-refractivity contribution in [2.75, 3.05) is 6.61 Å². The third-order valence-electron chi connectivity index (χ3n) is 3.37. The van der Waals surface area contributed by atoms with Gasteiger partial charge in [-0.2, -0.15) is 0 Å². The highest BCUT2D eigenvalue weighted by Crippen LogP contribution is 2.14. The second-order valence-corrected chi connectivity index (χ2v) is 5.86. The molecule has 0 fully saturated rings. The Kier molecular flexibility index (Phi) is 4.65. The van der Waals surface area contributed by atoms with Crippen molar-refractivity contribution in [3.05, 3.63) is 75.2 Å². The first-order valence-corrected chi connectivity index (χ1v) is 7.80. The first-order valence-electron chi connectivity index (χ1n) is 7.00. The molecule has 22 heavy (non-hydrogen) atoms. The van der Waals surface area contributed by atoms with E-state index in [0.29, 0.717) is 30.7 Å². The minimum Gasteiger partial charge on any atom is -0.375 e. The van der Waals surface area contributed by atoms with Crippen LogP contribution in [-0.4, -0.2) is 16.2 Å². The number of halogens is 1. The summed E-state index contributed by atoms with van der Waals surface area (Å²) in [5.41, 5.74) is 1.78. The Balaban J connectivity index is 1.67. The molecular formula is C17H15BrN2O2. The molecule has 0 aliphatic rings. The number of hydrogen-bond acceptors (Lipinski definition) is 3. The SMILES string of the molecule is O=c1c2cc(Br)ccc2ncn1CCOCc1ccccc1. The van der Waals surface area contributed by atoms with Gasteiger partial charge in [0.1, 0.15) is 0 Å². The number of fused-ring (bicyclic) bond motifs is 1. The van der Waals surface area contributed by atoms with Gasteiger partial charge in [-0.05, 0) is 23.8 Å². The van der Waals surface area contributed by atoms with Crippen LogP contribution in [0.4, 0.5) is 0 Å². The zero-order chi connectivity index (χ0) is 15.4. The number of hydrogen-bond donors (Lipinski definition) is 0. The van der Waals surface area contributed by atoms with Gasteiger partial charge in [0.05, 0.1) is 37.0 Å². The van der Waals surface area contributed by atoms with Crippen LogP contribution in [0.3, 0.4) is 0 Å². The number of ether oxygens (including phenoxy) is 1. The van der Waals surface area contributed by atoms with Gasteiger partial charge in [-0.25, -0.2) is 4.98 Å². The molecule has 0 amide bonds. The molecule has 0 aliphatic carbocycles. The Bertz CT molecular complexity index is 831. The Hall–Kier alpha value is -1.98. The van der Waals surface area contributed by atoms with Gasteiger partial charge in [0.2, 0.25) is 0 Å². The zero-order valence-electron chi connectivity index (χ0n) is 11.9. The van der Waals surface area contributed by atoms with Gasteiger partial charge in [-0.15, -0.1) is 0 Å². The van der Waals surface area contributed by atoms with Crippen LogP contribution in [0.15, 0.2) is 64.1 Å². The molecule has 3 aromatic rings. The Morgan fingerprint density at radius 1 is 1.14 bits per heavy atom. The molecule has 0 N–H and O–H groups in total. The van der Waals surface area contributed by atoms with E-state index in [1.54, 1.807) is 17.0 Å². The maximum Gasteiger partial charge on any atom is 0.261 e. The van der Waals surface area contributed by atoms with E-state index in [1.165, 1.54) is 0 Å². The molecule has 0 spiro atoms. The number of benzene rings is 2. The van der Waals surface area contributed by atoms with Crippen LogP contribution in [0.2, 0.25) is 0 Å². The lowest BCUT2D eigenvalue weighted by Crippen LogP contribution is -2.22. The third kappa shape index (κ3) is 3.43. The fourth-order valence-electron chi connectivity index (χ4n) is 2.22. The molecule has 0 radical (unpaired) electrons. The van der Waals surface area contributed by atoms with Crippen molar-refractivity contribution in [3.8, 4) is 0 Å². The smallest absolute Gasteiger partial charge is 0.261 e. The maximum atomic E-state index is 12.4. The highest BCUT2D eigenvalue weighted by atomic mass is 79.9. The van der Waals surface area contributed by atoms with E-state index in [0.717, 1.165) is 10.0 Å². The van der Waals surface area contributed by atoms with E-state index < -0.39 is 0 Å². The topological polar surface area (TPSA) is 44.1 Å². The van der Waals surface area contributed by atoms with Gasteiger partial charge >= 0.3 is 0 Å². The highest BCUT2D eigenvalue weighted by Gasteiger charge is 2.04. The molecule has 0 saturated carbocycles. The Labute approximate surface area is 136 Å². The summed E-state index contributed by atoms with van der Waals surface area (Å²) in [4.78, 5) is 16.7. The van der Waals surface area contributed by atoms with E-state index >= 15 is 0 Å². The summed E-state index contributed by atoms with van der Waals surface area (Å²) in [6, 6.07) is 15.5. The number of aromatic nitrogens is 2. The van der Waals surface area contributed by atoms with Gasteiger partial charge in [-0.3, -0.25) is 9.36 Å².